The van der Waals surface area contributed by atoms with Gasteiger partial charge in [0.15, 0.2) is 5.82 Å². The van der Waals surface area contributed by atoms with Gasteiger partial charge in [-0.15, -0.1) is 10.2 Å². The zero-order valence-electron chi connectivity index (χ0n) is 16.2. The van der Waals surface area contributed by atoms with E-state index in [1.165, 1.54) is 27.1 Å². The van der Waals surface area contributed by atoms with Crippen molar-refractivity contribution in [2.45, 2.75) is 23.9 Å². The van der Waals surface area contributed by atoms with Crippen LogP contribution < -0.4 is 17.1 Å². The number of hydrogen-bond acceptors (Lipinski definition) is 7. The summed E-state index contributed by atoms with van der Waals surface area (Å²) in [6.07, 6.45) is 0.178. The summed E-state index contributed by atoms with van der Waals surface area (Å²) in [5.74, 6) is 6.02. The van der Waals surface area contributed by atoms with Crippen LogP contribution >= 0.6 is 11.8 Å². The van der Waals surface area contributed by atoms with E-state index in [1.807, 2.05) is 0 Å². The zero-order valence-corrected chi connectivity index (χ0v) is 17.1. The predicted molar refractivity (Wildman–Crippen MR) is 114 cm³/mol. The van der Waals surface area contributed by atoms with Crippen LogP contribution in [-0.4, -0.2) is 30.3 Å². The highest BCUT2D eigenvalue weighted by Gasteiger charge is 2.16. The Bertz CT molecular complexity index is 1330. The minimum atomic E-state index is -0.653. The summed E-state index contributed by atoms with van der Waals surface area (Å²) < 4.78 is 16.4. The Morgan fingerprint density at radius 2 is 1.81 bits per heavy atom. The van der Waals surface area contributed by atoms with Gasteiger partial charge in [0.05, 0.1) is 16.7 Å². The summed E-state index contributed by atoms with van der Waals surface area (Å²) in [5.41, 5.74) is 5.92. The molecule has 158 valence electrons. The van der Waals surface area contributed by atoms with Crippen LogP contribution in [-0.2, 0) is 23.5 Å². The van der Waals surface area contributed by atoms with Crippen molar-refractivity contribution in [1.82, 2.24) is 24.4 Å². The normalized spacial score (nSPS) is 11.1. The minimum absolute atomic E-state index is 0.178. The molecule has 0 unspecified atom stereocenters. The third kappa shape index (κ3) is 4.26. The lowest BCUT2D eigenvalue weighted by molar-refractivity contribution is -0.118. The largest absolute Gasteiger partial charge is 0.368 e. The Labute approximate surface area is 179 Å². The smallest absolute Gasteiger partial charge is 0.261 e. The second-order valence-corrected chi connectivity index (χ2v) is 7.67. The molecule has 4 rings (SSSR count). The molecule has 0 fully saturated rings. The van der Waals surface area contributed by atoms with Gasteiger partial charge >= 0.3 is 0 Å². The first-order valence-corrected chi connectivity index (χ1v) is 10.2. The van der Waals surface area contributed by atoms with Crippen molar-refractivity contribution >= 4 is 28.6 Å². The van der Waals surface area contributed by atoms with Crippen LogP contribution in [0.1, 0.15) is 17.2 Å². The van der Waals surface area contributed by atoms with E-state index in [9.17, 15) is 14.0 Å². The lowest BCUT2D eigenvalue weighted by atomic mass is 10.1. The third-order valence-corrected chi connectivity index (χ3v) is 5.57. The molecule has 2 aromatic heterocycles. The number of thioether (sulfide) groups is 1. The number of para-hydroxylation sites is 1. The maximum Gasteiger partial charge on any atom is 0.261 e. The fraction of sp³-hybridized carbons (Fsp3) is 0.150. The van der Waals surface area contributed by atoms with E-state index in [-0.39, 0.29) is 30.1 Å². The molecular weight excluding hydrogens is 421 g/mol. The number of halogens is 1. The predicted octanol–water partition coefficient (Wildman–Crippen LogP) is 1.21. The highest BCUT2D eigenvalue weighted by Crippen LogP contribution is 2.21. The number of benzene rings is 2. The number of amides is 1. The van der Waals surface area contributed by atoms with E-state index in [2.05, 4.69) is 15.2 Å². The van der Waals surface area contributed by atoms with Crippen LogP contribution in [0.2, 0.25) is 0 Å². The maximum absolute atomic E-state index is 13.9. The molecule has 11 heteroatoms. The van der Waals surface area contributed by atoms with Crippen molar-refractivity contribution < 1.29 is 9.18 Å². The van der Waals surface area contributed by atoms with E-state index >= 15 is 0 Å². The van der Waals surface area contributed by atoms with E-state index in [0.717, 1.165) is 0 Å². The number of nitrogens with two attached hydrogens (primary N) is 2. The molecule has 0 aliphatic carbocycles. The average Bonchev–Trinajstić information content (AvgIpc) is 3.09. The Kier molecular flexibility index (Phi) is 5.67. The molecule has 0 aliphatic rings. The topological polar surface area (TPSA) is 135 Å². The lowest BCUT2D eigenvalue weighted by Gasteiger charge is -2.11. The number of fused-ring (bicyclic) bond motifs is 1. The van der Waals surface area contributed by atoms with Gasteiger partial charge in [-0.05, 0) is 23.8 Å². The second kappa shape index (κ2) is 8.56. The monoisotopic (exact) mass is 439 g/mol. The average molecular weight is 439 g/mol. The molecule has 9 nitrogen and oxygen atoms in total. The van der Waals surface area contributed by atoms with Gasteiger partial charge in [0.1, 0.15) is 18.2 Å². The molecule has 4 aromatic rings. The molecule has 1 amide bonds. The van der Waals surface area contributed by atoms with Crippen LogP contribution in [0.5, 0.6) is 0 Å². The SMILES string of the molecule is NC(=O)Cn1c(CSc2nnc(Cc3ccccc3F)n2N)nc2ccccc2c1=O. The quantitative estimate of drug-likeness (QED) is 0.326. The summed E-state index contributed by atoms with van der Waals surface area (Å²) in [7, 11) is 0. The van der Waals surface area contributed by atoms with E-state index in [1.54, 1.807) is 42.5 Å². The molecule has 0 radical (unpaired) electrons. The zero-order chi connectivity index (χ0) is 22.0. The van der Waals surface area contributed by atoms with Crippen LogP contribution in [0.4, 0.5) is 4.39 Å². The van der Waals surface area contributed by atoms with E-state index in [0.29, 0.717) is 33.3 Å². The number of carbonyl (C=O) groups excluding carboxylic acids is 1. The van der Waals surface area contributed by atoms with Crippen molar-refractivity contribution in [3.8, 4) is 0 Å². The molecular formula is C20H18FN7O2S. The molecule has 0 atom stereocenters. The molecule has 2 heterocycles. The molecule has 4 N–H and O–H groups in total. The molecule has 0 aliphatic heterocycles. The number of rotatable bonds is 7. The highest BCUT2D eigenvalue weighted by molar-refractivity contribution is 7.98. The van der Waals surface area contributed by atoms with E-state index in [4.69, 9.17) is 11.6 Å². The number of primary amides is 1. The molecule has 0 saturated carbocycles. The van der Waals surface area contributed by atoms with Crippen LogP contribution in [0.15, 0.2) is 58.5 Å². The molecule has 2 aromatic carbocycles. The Morgan fingerprint density at radius 3 is 2.58 bits per heavy atom. The first-order valence-electron chi connectivity index (χ1n) is 9.26. The van der Waals surface area contributed by atoms with Gasteiger partial charge < -0.3 is 11.6 Å². The van der Waals surface area contributed by atoms with Gasteiger partial charge in [-0.1, -0.05) is 42.1 Å². The van der Waals surface area contributed by atoms with Crippen molar-refractivity contribution in [3.63, 3.8) is 0 Å². The van der Waals surface area contributed by atoms with E-state index < -0.39 is 5.91 Å². The van der Waals surface area contributed by atoms with Gasteiger partial charge in [0, 0.05) is 6.42 Å². The van der Waals surface area contributed by atoms with Crippen molar-refractivity contribution in [2.75, 3.05) is 5.84 Å². The van der Waals surface area contributed by atoms with Crippen LogP contribution in [0.25, 0.3) is 10.9 Å². The number of hydrogen-bond donors (Lipinski definition) is 2. The van der Waals surface area contributed by atoms with Gasteiger partial charge in [0.25, 0.3) is 5.56 Å². The maximum atomic E-state index is 13.9. The lowest BCUT2D eigenvalue weighted by Crippen LogP contribution is -2.31. The van der Waals surface area contributed by atoms with Gasteiger partial charge in [-0.3, -0.25) is 14.2 Å². The van der Waals surface area contributed by atoms with Crippen molar-refractivity contribution in [3.05, 3.63) is 81.9 Å². The Balaban J connectivity index is 1.61. The Hall–Kier alpha value is -3.73. The summed E-state index contributed by atoms with van der Waals surface area (Å²) in [6.45, 7) is -0.291. The number of carbonyl (C=O) groups is 1. The second-order valence-electron chi connectivity index (χ2n) is 6.73. The first kappa shape index (κ1) is 20.5. The van der Waals surface area contributed by atoms with Gasteiger partial charge in [-0.2, -0.15) is 0 Å². The molecule has 0 bridgehead atoms. The fourth-order valence-electron chi connectivity index (χ4n) is 3.11. The number of aromatic nitrogens is 5. The number of nitrogen functional groups attached to an aromatic ring is 1. The standard InChI is InChI=1S/C20H18FN7O2S/c21-14-7-3-1-5-12(14)9-17-25-26-20(28(17)23)31-11-18-24-15-8-4-2-6-13(15)19(30)27(18)10-16(22)29/h1-8H,9-11,23H2,(H2,22,29). The highest BCUT2D eigenvalue weighted by atomic mass is 32.2. The third-order valence-electron chi connectivity index (χ3n) is 4.63. The minimum Gasteiger partial charge on any atom is -0.368 e. The summed E-state index contributed by atoms with van der Waals surface area (Å²) >= 11 is 1.19. The summed E-state index contributed by atoms with van der Waals surface area (Å²) in [5, 5.41) is 8.85. The molecule has 0 spiro atoms. The number of nitrogens with zero attached hydrogens (tertiary/aromatic N) is 5. The fourth-order valence-corrected chi connectivity index (χ4v) is 3.93. The molecule has 31 heavy (non-hydrogen) atoms. The van der Waals surface area contributed by atoms with Crippen LogP contribution in [0.3, 0.4) is 0 Å². The van der Waals surface area contributed by atoms with Crippen molar-refractivity contribution in [2.24, 2.45) is 5.73 Å². The first-order chi connectivity index (χ1) is 14.9. The summed E-state index contributed by atoms with van der Waals surface area (Å²) in [6, 6.07) is 13.2. The van der Waals surface area contributed by atoms with Crippen molar-refractivity contribution in [1.29, 1.82) is 0 Å². The molecule has 0 saturated heterocycles. The Morgan fingerprint density at radius 1 is 1.06 bits per heavy atom. The summed E-state index contributed by atoms with van der Waals surface area (Å²) in [4.78, 5) is 28.8. The van der Waals surface area contributed by atoms with Gasteiger partial charge in [0.2, 0.25) is 11.1 Å². The van der Waals surface area contributed by atoms with Gasteiger partial charge in [-0.25, -0.2) is 14.1 Å². The van der Waals surface area contributed by atoms with Crippen LogP contribution in [0, 0.1) is 5.82 Å².